The molecule has 1 saturated heterocycles. The molecule has 2 amide bonds. The van der Waals surface area contributed by atoms with Crippen molar-refractivity contribution in [3.63, 3.8) is 0 Å². The van der Waals surface area contributed by atoms with Crippen molar-refractivity contribution in [2.45, 2.75) is 64.1 Å². The van der Waals surface area contributed by atoms with Gasteiger partial charge >= 0.3 is 0 Å². The van der Waals surface area contributed by atoms with Crippen molar-refractivity contribution in [2.24, 2.45) is 11.8 Å². The first-order valence-electron chi connectivity index (χ1n) is 14.8. The second-order valence-electron chi connectivity index (χ2n) is 11.6. The molecule has 1 aromatic heterocycles. The Bertz CT molecular complexity index is 1430. The first-order valence-corrected chi connectivity index (χ1v) is 14.8. The molecule has 0 bridgehead atoms. The number of fused-ring (bicyclic) bond motifs is 1. The molecule has 1 aliphatic carbocycles. The van der Waals surface area contributed by atoms with Gasteiger partial charge in [-0.15, -0.1) is 0 Å². The van der Waals surface area contributed by atoms with Crippen molar-refractivity contribution in [3.8, 4) is 5.75 Å². The second-order valence-corrected chi connectivity index (χ2v) is 11.6. The summed E-state index contributed by atoms with van der Waals surface area (Å²) in [7, 11) is 1.58. The van der Waals surface area contributed by atoms with Gasteiger partial charge in [0.05, 0.1) is 19.8 Å². The number of carbonyl (C=O) groups is 4. The van der Waals surface area contributed by atoms with E-state index in [1.54, 1.807) is 18.1 Å². The fourth-order valence-electron chi connectivity index (χ4n) is 6.17. The lowest BCUT2D eigenvalue weighted by atomic mass is 9.83. The van der Waals surface area contributed by atoms with Gasteiger partial charge in [0.1, 0.15) is 29.9 Å². The standard InChI is InChI=1S/C33H39N3O6/c1-21-15-28(36(18-21)33(40)27-17-24-25(34-27)12-8-14-31(24)41-2)32(39)35-26(16-23-11-6-7-13-29(23)37)30(38)20-42-19-22-9-4-3-5-10-22/h3-5,8-10,12,14,17,21,23,26,28,34H,6-7,11,13,15-16,18-20H2,1-2H3,(H,35,39)/t21-,23+,26+,28+/m1/s1. The Kier molecular flexibility index (Phi) is 9.37. The van der Waals surface area contributed by atoms with Crippen molar-refractivity contribution in [3.05, 3.63) is 65.9 Å². The van der Waals surface area contributed by atoms with Gasteiger partial charge in [-0.1, -0.05) is 49.7 Å². The van der Waals surface area contributed by atoms with Crippen molar-refractivity contribution in [2.75, 3.05) is 20.3 Å². The molecule has 9 nitrogen and oxygen atoms in total. The molecule has 2 fully saturated rings. The molecular weight excluding hydrogens is 534 g/mol. The lowest BCUT2D eigenvalue weighted by Gasteiger charge is -2.28. The molecule has 2 aromatic carbocycles. The average Bonchev–Trinajstić information content (AvgIpc) is 3.62. The van der Waals surface area contributed by atoms with Gasteiger partial charge in [0, 0.05) is 29.8 Å². The summed E-state index contributed by atoms with van der Waals surface area (Å²) >= 11 is 0. The van der Waals surface area contributed by atoms with E-state index in [1.165, 1.54) is 0 Å². The Balaban J connectivity index is 1.30. The van der Waals surface area contributed by atoms with E-state index in [4.69, 9.17) is 9.47 Å². The quantitative estimate of drug-likeness (QED) is 0.350. The maximum Gasteiger partial charge on any atom is 0.270 e. The number of nitrogens with one attached hydrogen (secondary N) is 2. The summed E-state index contributed by atoms with van der Waals surface area (Å²) in [5, 5.41) is 3.72. The summed E-state index contributed by atoms with van der Waals surface area (Å²) in [6.45, 7) is 2.51. The number of aromatic nitrogens is 1. The molecule has 5 rings (SSSR count). The van der Waals surface area contributed by atoms with E-state index >= 15 is 0 Å². The van der Waals surface area contributed by atoms with Crippen LogP contribution in [0.2, 0.25) is 0 Å². The zero-order valence-electron chi connectivity index (χ0n) is 24.3. The highest BCUT2D eigenvalue weighted by molar-refractivity contribution is 6.02. The van der Waals surface area contributed by atoms with Crippen LogP contribution in [0.25, 0.3) is 10.9 Å². The highest BCUT2D eigenvalue weighted by atomic mass is 16.5. The number of hydrogen-bond acceptors (Lipinski definition) is 6. The summed E-state index contributed by atoms with van der Waals surface area (Å²) in [5.41, 5.74) is 2.08. The zero-order chi connectivity index (χ0) is 29.6. The lowest BCUT2D eigenvalue weighted by molar-refractivity contribution is -0.134. The first kappa shape index (κ1) is 29.5. The molecule has 4 atom stereocenters. The maximum absolute atomic E-state index is 13.7. The molecule has 0 radical (unpaired) electrons. The molecule has 9 heteroatoms. The van der Waals surface area contributed by atoms with Crippen molar-refractivity contribution in [1.29, 1.82) is 0 Å². The van der Waals surface area contributed by atoms with Gasteiger partial charge in [0.25, 0.3) is 5.91 Å². The molecule has 2 N–H and O–H groups in total. The predicted octanol–water partition coefficient (Wildman–Crippen LogP) is 4.45. The molecule has 3 aromatic rings. The number of likely N-dealkylation sites (tertiary alicyclic amines) is 1. The van der Waals surface area contributed by atoms with Crippen LogP contribution in [-0.4, -0.2) is 65.6 Å². The van der Waals surface area contributed by atoms with Crippen LogP contribution in [0.1, 0.15) is 61.5 Å². The summed E-state index contributed by atoms with van der Waals surface area (Å²) in [6.07, 6.45) is 3.72. The highest BCUT2D eigenvalue weighted by Gasteiger charge is 2.40. The molecule has 0 spiro atoms. The number of Topliss-reactive ketones (excluding diaryl/α,β-unsaturated/α-hetero) is 2. The van der Waals surface area contributed by atoms with E-state index in [9.17, 15) is 19.2 Å². The van der Waals surface area contributed by atoms with Crippen LogP contribution in [0.4, 0.5) is 0 Å². The predicted molar refractivity (Wildman–Crippen MR) is 158 cm³/mol. The Morgan fingerprint density at radius 3 is 2.67 bits per heavy atom. The second kappa shape index (κ2) is 13.3. The van der Waals surface area contributed by atoms with Crippen LogP contribution >= 0.6 is 0 Å². The van der Waals surface area contributed by atoms with Crippen LogP contribution in [-0.2, 0) is 25.7 Å². The molecule has 222 valence electrons. The number of ketones is 2. The fraction of sp³-hybridized carbons (Fsp3) is 0.455. The Morgan fingerprint density at radius 2 is 1.90 bits per heavy atom. The molecule has 0 unspecified atom stereocenters. The smallest absolute Gasteiger partial charge is 0.270 e. The van der Waals surface area contributed by atoms with Crippen LogP contribution in [0.3, 0.4) is 0 Å². The van der Waals surface area contributed by atoms with E-state index in [-0.39, 0.29) is 54.9 Å². The van der Waals surface area contributed by atoms with Crippen LogP contribution in [0, 0.1) is 11.8 Å². The minimum Gasteiger partial charge on any atom is -0.496 e. The number of hydrogen-bond donors (Lipinski definition) is 2. The van der Waals surface area contributed by atoms with Gasteiger partial charge in [-0.2, -0.15) is 0 Å². The van der Waals surface area contributed by atoms with Crippen molar-refractivity contribution >= 4 is 34.3 Å². The van der Waals surface area contributed by atoms with Gasteiger partial charge in [0.2, 0.25) is 5.91 Å². The van der Waals surface area contributed by atoms with Crippen molar-refractivity contribution < 1.29 is 28.7 Å². The molecule has 42 heavy (non-hydrogen) atoms. The van der Waals surface area contributed by atoms with E-state index in [2.05, 4.69) is 10.3 Å². The SMILES string of the molecule is COc1cccc2[nH]c(C(=O)N3C[C@H](C)C[C@H]3C(=O)N[C@@H](C[C@@H]3CCCCC3=O)C(=O)COCc3ccccc3)cc12. The average molecular weight is 574 g/mol. The summed E-state index contributed by atoms with van der Waals surface area (Å²) in [5.74, 6) is -0.320. The number of aromatic amines is 1. The Labute approximate surface area is 245 Å². The maximum atomic E-state index is 13.7. The number of ether oxygens (including phenoxy) is 2. The van der Waals surface area contributed by atoms with E-state index < -0.39 is 12.1 Å². The number of rotatable bonds is 11. The van der Waals surface area contributed by atoms with Crippen LogP contribution < -0.4 is 10.1 Å². The summed E-state index contributed by atoms with van der Waals surface area (Å²) in [4.78, 5) is 58.2. The third kappa shape index (κ3) is 6.73. The topological polar surface area (TPSA) is 118 Å². The molecule has 1 aliphatic heterocycles. The minimum atomic E-state index is -0.870. The zero-order valence-corrected chi connectivity index (χ0v) is 24.3. The third-order valence-electron chi connectivity index (χ3n) is 8.41. The monoisotopic (exact) mass is 573 g/mol. The number of benzene rings is 2. The number of amides is 2. The summed E-state index contributed by atoms with van der Waals surface area (Å²) < 4.78 is 11.1. The third-order valence-corrected chi connectivity index (χ3v) is 8.41. The van der Waals surface area contributed by atoms with E-state index in [1.807, 2.05) is 55.5 Å². The number of H-pyrrole nitrogens is 1. The van der Waals surface area contributed by atoms with Gasteiger partial charge in [-0.3, -0.25) is 19.2 Å². The van der Waals surface area contributed by atoms with Gasteiger partial charge in [-0.25, -0.2) is 0 Å². The van der Waals surface area contributed by atoms with Crippen LogP contribution in [0.15, 0.2) is 54.6 Å². The number of nitrogens with zero attached hydrogens (tertiary/aromatic N) is 1. The fourth-order valence-corrected chi connectivity index (χ4v) is 6.17. The lowest BCUT2D eigenvalue weighted by Crippen LogP contribution is -2.52. The van der Waals surface area contributed by atoms with Crippen LogP contribution in [0.5, 0.6) is 5.75 Å². The van der Waals surface area contributed by atoms with Gasteiger partial charge in [0.15, 0.2) is 5.78 Å². The molecule has 1 saturated carbocycles. The highest BCUT2D eigenvalue weighted by Crippen LogP contribution is 2.30. The largest absolute Gasteiger partial charge is 0.496 e. The first-order chi connectivity index (χ1) is 20.3. The molecular formula is C33H39N3O6. The number of carbonyl (C=O) groups excluding carboxylic acids is 4. The van der Waals surface area contributed by atoms with Crippen molar-refractivity contribution in [1.82, 2.24) is 15.2 Å². The van der Waals surface area contributed by atoms with E-state index in [0.29, 0.717) is 37.3 Å². The van der Waals surface area contributed by atoms with E-state index in [0.717, 1.165) is 29.3 Å². The Hall–Kier alpha value is -3.98. The summed E-state index contributed by atoms with van der Waals surface area (Å²) in [6, 6.07) is 15.2. The Morgan fingerprint density at radius 1 is 1.10 bits per heavy atom. The van der Waals surface area contributed by atoms with Gasteiger partial charge in [-0.05, 0) is 55.4 Å². The number of methoxy groups -OCH3 is 1. The normalized spacial score (nSPS) is 21.3. The van der Waals surface area contributed by atoms with Gasteiger partial charge < -0.3 is 24.7 Å². The minimum absolute atomic E-state index is 0.104. The molecule has 2 heterocycles. The molecule has 2 aliphatic rings.